The molecule has 1 saturated heterocycles. The molecule has 0 aromatic heterocycles. The lowest BCUT2D eigenvalue weighted by atomic mass is 10.1. The summed E-state index contributed by atoms with van der Waals surface area (Å²) in [6, 6.07) is 20.8. The van der Waals surface area contributed by atoms with E-state index in [0.717, 1.165) is 36.7 Å². The molecule has 0 aliphatic carbocycles. The van der Waals surface area contributed by atoms with Crippen LogP contribution in [0.25, 0.3) is 10.8 Å². The van der Waals surface area contributed by atoms with Gasteiger partial charge in [-0.3, -0.25) is 9.59 Å². The van der Waals surface area contributed by atoms with Gasteiger partial charge < -0.3 is 15.0 Å². The first-order chi connectivity index (χ1) is 14.7. The number of hydrogen-bond acceptors (Lipinski definition) is 3. The van der Waals surface area contributed by atoms with Crippen molar-refractivity contribution in [3.63, 3.8) is 0 Å². The summed E-state index contributed by atoms with van der Waals surface area (Å²) in [6.07, 6.45) is 4.51. The number of nitrogens with one attached hydrogen (secondary N) is 1. The first-order valence-corrected chi connectivity index (χ1v) is 10.5. The lowest BCUT2D eigenvalue weighted by Gasteiger charge is -2.20. The Bertz CT molecular complexity index is 1020. The molecule has 3 aromatic carbocycles. The number of benzene rings is 3. The third kappa shape index (κ3) is 4.98. The summed E-state index contributed by atoms with van der Waals surface area (Å²) in [5, 5.41) is 5.01. The van der Waals surface area contributed by atoms with Gasteiger partial charge in [-0.1, -0.05) is 43.2 Å². The number of rotatable bonds is 5. The zero-order valence-corrected chi connectivity index (χ0v) is 17.0. The molecule has 1 heterocycles. The van der Waals surface area contributed by atoms with E-state index in [1.807, 2.05) is 47.4 Å². The Hall–Kier alpha value is -3.34. The van der Waals surface area contributed by atoms with E-state index in [1.54, 1.807) is 24.3 Å². The number of ether oxygens (including phenoxy) is 1. The largest absolute Gasteiger partial charge is 0.484 e. The van der Waals surface area contributed by atoms with Crippen molar-refractivity contribution >= 4 is 28.3 Å². The topological polar surface area (TPSA) is 58.6 Å². The van der Waals surface area contributed by atoms with Crippen LogP contribution in [0.4, 0.5) is 5.69 Å². The molecule has 1 fully saturated rings. The van der Waals surface area contributed by atoms with Gasteiger partial charge in [-0.05, 0) is 60.0 Å². The first kappa shape index (κ1) is 20.0. The van der Waals surface area contributed by atoms with Crippen molar-refractivity contribution in [2.45, 2.75) is 25.7 Å². The fourth-order valence-corrected chi connectivity index (χ4v) is 3.76. The minimum Gasteiger partial charge on any atom is -0.484 e. The highest BCUT2D eigenvalue weighted by Crippen LogP contribution is 2.21. The number of likely N-dealkylation sites (tertiary alicyclic amines) is 1. The molecule has 3 aromatic rings. The normalized spacial score (nSPS) is 14.2. The van der Waals surface area contributed by atoms with Crippen LogP contribution in [-0.2, 0) is 4.79 Å². The van der Waals surface area contributed by atoms with E-state index >= 15 is 0 Å². The van der Waals surface area contributed by atoms with Crippen molar-refractivity contribution in [2.24, 2.45) is 0 Å². The Kier molecular flexibility index (Phi) is 6.28. The Morgan fingerprint density at radius 1 is 0.833 bits per heavy atom. The zero-order valence-electron chi connectivity index (χ0n) is 17.0. The molecule has 5 nitrogen and oxygen atoms in total. The van der Waals surface area contributed by atoms with Crippen LogP contribution in [0.2, 0.25) is 0 Å². The van der Waals surface area contributed by atoms with E-state index in [-0.39, 0.29) is 18.4 Å². The smallest absolute Gasteiger partial charge is 0.262 e. The molecule has 0 saturated carbocycles. The molecular weight excluding hydrogens is 376 g/mol. The van der Waals surface area contributed by atoms with Gasteiger partial charge in [-0.2, -0.15) is 0 Å². The van der Waals surface area contributed by atoms with E-state index in [9.17, 15) is 9.59 Å². The number of fused-ring (bicyclic) bond motifs is 1. The van der Waals surface area contributed by atoms with Gasteiger partial charge in [0.2, 0.25) is 0 Å². The van der Waals surface area contributed by atoms with Gasteiger partial charge in [0.1, 0.15) is 5.75 Å². The fourth-order valence-electron chi connectivity index (χ4n) is 3.76. The van der Waals surface area contributed by atoms with Crippen LogP contribution in [-0.4, -0.2) is 36.4 Å². The second-order valence-electron chi connectivity index (χ2n) is 7.63. The van der Waals surface area contributed by atoms with E-state index < -0.39 is 0 Å². The highest BCUT2D eigenvalue weighted by molar-refractivity contribution is 5.96. The fraction of sp³-hybridized carbons (Fsp3) is 0.280. The summed E-state index contributed by atoms with van der Waals surface area (Å²) >= 11 is 0. The molecule has 1 N–H and O–H groups in total. The van der Waals surface area contributed by atoms with Gasteiger partial charge in [-0.15, -0.1) is 0 Å². The standard InChI is InChI=1S/C25H26N2O3/c28-24(18-30-23-14-11-19-7-3-4-8-21(19)17-23)26-22-12-9-20(10-13-22)25(29)27-15-5-1-2-6-16-27/h3-4,7-14,17H,1-2,5-6,15-16,18H2,(H,26,28). The number of anilines is 1. The van der Waals surface area contributed by atoms with Crippen molar-refractivity contribution < 1.29 is 14.3 Å². The summed E-state index contributed by atoms with van der Waals surface area (Å²) in [6.45, 7) is 1.57. The Balaban J connectivity index is 1.31. The van der Waals surface area contributed by atoms with E-state index in [4.69, 9.17) is 4.74 Å². The van der Waals surface area contributed by atoms with Gasteiger partial charge in [-0.25, -0.2) is 0 Å². The molecule has 0 spiro atoms. The third-order valence-corrected chi connectivity index (χ3v) is 5.40. The highest BCUT2D eigenvalue weighted by atomic mass is 16.5. The van der Waals surface area contributed by atoms with E-state index in [0.29, 0.717) is 17.0 Å². The second kappa shape index (κ2) is 9.44. The SMILES string of the molecule is O=C(COc1ccc2ccccc2c1)Nc1ccc(C(=O)N2CCCCCC2)cc1. The maximum atomic E-state index is 12.7. The number of amides is 2. The predicted molar refractivity (Wildman–Crippen MR) is 119 cm³/mol. The van der Waals surface area contributed by atoms with Crippen molar-refractivity contribution in [2.75, 3.05) is 25.0 Å². The average Bonchev–Trinajstić information content (AvgIpc) is 3.07. The molecule has 1 aliphatic heterocycles. The Morgan fingerprint density at radius 3 is 2.27 bits per heavy atom. The monoisotopic (exact) mass is 402 g/mol. The number of carbonyl (C=O) groups excluding carboxylic acids is 2. The van der Waals surface area contributed by atoms with Gasteiger partial charge in [0, 0.05) is 24.3 Å². The van der Waals surface area contributed by atoms with Crippen LogP contribution >= 0.6 is 0 Å². The first-order valence-electron chi connectivity index (χ1n) is 10.5. The summed E-state index contributed by atoms with van der Waals surface area (Å²) in [7, 11) is 0. The number of nitrogens with zero attached hydrogens (tertiary/aromatic N) is 1. The van der Waals surface area contributed by atoms with Gasteiger partial charge in [0.15, 0.2) is 6.61 Å². The van der Waals surface area contributed by atoms with Gasteiger partial charge >= 0.3 is 0 Å². The third-order valence-electron chi connectivity index (χ3n) is 5.40. The minimum atomic E-state index is -0.241. The van der Waals surface area contributed by atoms with Gasteiger partial charge in [0.05, 0.1) is 0 Å². The molecule has 5 heteroatoms. The summed E-state index contributed by atoms with van der Waals surface area (Å²) in [5.74, 6) is 0.478. The molecule has 0 bridgehead atoms. The predicted octanol–water partition coefficient (Wildman–Crippen LogP) is 4.87. The molecule has 4 rings (SSSR count). The highest BCUT2D eigenvalue weighted by Gasteiger charge is 2.17. The van der Waals surface area contributed by atoms with Crippen molar-refractivity contribution in [3.8, 4) is 5.75 Å². The van der Waals surface area contributed by atoms with Crippen LogP contribution in [0.3, 0.4) is 0 Å². The molecule has 2 amide bonds. The zero-order chi connectivity index (χ0) is 20.8. The van der Waals surface area contributed by atoms with Crippen LogP contribution in [0, 0.1) is 0 Å². The van der Waals surface area contributed by atoms with Crippen molar-refractivity contribution in [3.05, 3.63) is 72.3 Å². The minimum absolute atomic E-state index is 0.0643. The molecule has 0 atom stereocenters. The molecule has 154 valence electrons. The lowest BCUT2D eigenvalue weighted by molar-refractivity contribution is -0.118. The summed E-state index contributed by atoms with van der Waals surface area (Å²) in [4.78, 5) is 26.8. The van der Waals surface area contributed by atoms with Crippen LogP contribution in [0.15, 0.2) is 66.7 Å². The maximum absolute atomic E-state index is 12.7. The van der Waals surface area contributed by atoms with Crippen LogP contribution in [0.1, 0.15) is 36.0 Å². The van der Waals surface area contributed by atoms with E-state index in [2.05, 4.69) is 5.32 Å². The number of hydrogen-bond donors (Lipinski definition) is 1. The lowest BCUT2D eigenvalue weighted by Crippen LogP contribution is -2.31. The second-order valence-corrected chi connectivity index (χ2v) is 7.63. The van der Waals surface area contributed by atoms with Crippen LogP contribution < -0.4 is 10.1 Å². The maximum Gasteiger partial charge on any atom is 0.262 e. The molecular formula is C25H26N2O3. The van der Waals surface area contributed by atoms with Crippen LogP contribution in [0.5, 0.6) is 5.75 Å². The molecule has 0 unspecified atom stereocenters. The average molecular weight is 402 g/mol. The molecule has 0 radical (unpaired) electrons. The quantitative estimate of drug-likeness (QED) is 0.662. The Morgan fingerprint density at radius 2 is 1.53 bits per heavy atom. The summed E-state index contributed by atoms with van der Waals surface area (Å²) in [5.41, 5.74) is 1.30. The van der Waals surface area contributed by atoms with Gasteiger partial charge in [0.25, 0.3) is 11.8 Å². The van der Waals surface area contributed by atoms with Crippen molar-refractivity contribution in [1.82, 2.24) is 4.90 Å². The Labute approximate surface area is 176 Å². The molecule has 30 heavy (non-hydrogen) atoms. The number of carbonyl (C=O) groups is 2. The molecule has 1 aliphatic rings. The van der Waals surface area contributed by atoms with E-state index in [1.165, 1.54) is 12.8 Å². The van der Waals surface area contributed by atoms with Crippen molar-refractivity contribution in [1.29, 1.82) is 0 Å². The summed E-state index contributed by atoms with van der Waals surface area (Å²) < 4.78 is 5.63.